The first-order valence-corrected chi connectivity index (χ1v) is 8.73. The van der Waals surface area contributed by atoms with Gasteiger partial charge in [0.05, 0.1) is 23.5 Å². The lowest BCUT2D eigenvalue weighted by Crippen LogP contribution is -2.16. The van der Waals surface area contributed by atoms with Gasteiger partial charge in [0.1, 0.15) is 17.5 Å². The van der Waals surface area contributed by atoms with Gasteiger partial charge >= 0.3 is 5.97 Å². The number of benzene rings is 2. The fourth-order valence-corrected chi connectivity index (χ4v) is 2.54. The minimum absolute atomic E-state index is 0.0177. The number of anilines is 3. The molecule has 1 amide bonds. The summed E-state index contributed by atoms with van der Waals surface area (Å²) < 4.78 is 31.8. The van der Waals surface area contributed by atoms with E-state index in [4.69, 9.17) is 4.74 Å². The van der Waals surface area contributed by atoms with Crippen molar-refractivity contribution in [2.45, 2.75) is 6.92 Å². The highest BCUT2D eigenvalue weighted by Gasteiger charge is 2.15. The number of para-hydroxylation sites is 1. The molecule has 0 radical (unpaired) electrons. The molecule has 8 heteroatoms. The molecule has 148 valence electrons. The zero-order chi connectivity index (χ0) is 20.8. The lowest BCUT2D eigenvalue weighted by Gasteiger charge is -2.11. The first-order chi connectivity index (χ1) is 14.0. The summed E-state index contributed by atoms with van der Waals surface area (Å²) >= 11 is 0. The number of carbonyl (C=O) groups is 2. The van der Waals surface area contributed by atoms with Crippen LogP contribution in [0.4, 0.5) is 26.0 Å². The third-order valence-corrected chi connectivity index (χ3v) is 3.89. The molecule has 29 heavy (non-hydrogen) atoms. The molecule has 2 N–H and O–H groups in total. The lowest BCUT2D eigenvalue weighted by atomic mass is 10.1. The Labute approximate surface area is 165 Å². The van der Waals surface area contributed by atoms with Crippen molar-refractivity contribution in [1.82, 2.24) is 4.98 Å². The van der Waals surface area contributed by atoms with Crippen LogP contribution in [0.1, 0.15) is 27.6 Å². The predicted octanol–water partition coefficient (Wildman–Crippen LogP) is 4.53. The topological polar surface area (TPSA) is 80.3 Å². The smallest absolute Gasteiger partial charge is 0.340 e. The molecule has 0 saturated heterocycles. The SMILES string of the molecule is CCOC(=O)c1ccccc1NC(=O)c1ccnc(Nc2ccc(F)cc2F)c1. The Balaban J connectivity index is 1.79. The van der Waals surface area contributed by atoms with Gasteiger partial charge < -0.3 is 15.4 Å². The summed E-state index contributed by atoms with van der Waals surface area (Å²) in [7, 11) is 0. The zero-order valence-corrected chi connectivity index (χ0v) is 15.4. The number of halogens is 2. The minimum atomic E-state index is -0.787. The van der Waals surface area contributed by atoms with Crippen molar-refractivity contribution < 1.29 is 23.1 Å². The number of hydrogen-bond acceptors (Lipinski definition) is 5. The Kier molecular flexibility index (Phi) is 6.13. The summed E-state index contributed by atoms with van der Waals surface area (Å²) in [5.41, 5.74) is 0.767. The fourth-order valence-electron chi connectivity index (χ4n) is 2.54. The van der Waals surface area contributed by atoms with E-state index in [0.717, 1.165) is 12.1 Å². The molecular weight excluding hydrogens is 380 g/mol. The van der Waals surface area contributed by atoms with Crippen molar-refractivity contribution in [2.75, 3.05) is 17.2 Å². The van der Waals surface area contributed by atoms with E-state index in [1.807, 2.05) is 0 Å². The maximum absolute atomic E-state index is 13.8. The predicted molar refractivity (Wildman–Crippen MR) is 104 cm³/mol. The number of carbonyl (C=O) groups excluding carboxylic acids is 2. The number of aromatic nitrogens is 1. The average Bonchev–Trinajstić information content (AvgIpc) is 2.71. The summed E-state index contributed by atoms with van der Waals surface area (Å²) in [5.74, 6) is -2.33. The minimum Gasteiger partial charge on any atom is -0.462 e. The molecule has 1 heterocycles. The van der Waals surface area contributed by atoms with E-state index in [0.29, 0.717) is 5.69 Å². The summed E-state index contributed by atoms with van der Waals surface area (Å²) in [6, 6.07) is 12.4. The Morgan fingerprint density at radius 1 is 1.03 bits per heavy atom. The molecule has 0 aliphatic heterocycles. The van der Waals surface area contributed by atoms with Gasteiger partial charge in [-0.25, -0.2) is 18.6 Å². The van der Waals surface area contributed by atoms with E-state index >= 15 is 0 Å². The van der Waals surface area contributed by atoms with E-state index in [1.54, 1.807) is 31.2 Å². The molecule has 0 saturated carbocycles. The van der Waals surface area contributed by atoms with E-state index in [-0.39, 0.29) is 29.2 Å². The number of nitrogens with one attached hydrogen (secondary N) is 2. The van der Waals surface area contributed by atoms with Crippen LogP contribution in [-0.4, -0.2) is 23.5 Å². The standard InChI is InChI=1S/C21H17F2N3O3/c1-2-29-21(28)15-5-3-4-6-17(15)26-20(27)13-9-10-24-19(11-13)25-18-8-7-14(22)12-16(18)23/h3-12H,2H2,1H3,(H,24,25)(H,26,27). The van der Waals surface area contributed by atoms with Crippen LogP contribution in [-0.2, 0) is 4.74 Å². The van der Waals surface area contributed by atoms with Crippen molar-refractivity contribution >= 4 is 29.1 Å². The van der Waals surface area contributed by atoms with Gasteiger partial charge in [-0.3, -0.25) is 4.79 Å². The summed E-state index contributed by atoms with van der Waals surface area (Å²) in [6.07, 6.45) is 1.37. The quantitative estimate of drug-likeness (QED) is 0.598. The number of amides is 1. The first-order valence-electron chi connectivity index (χ1n) is 8.73. The van der Waals surface area contributed by atoms with Crippen LogP contribution in [0.25, 0.3) is 0 Å². The molecule has 0 unspecified atom stereocenters. The summed E-state index contributed by atoms with van der Waals surface area (Å²) in [5, 5.41) is 5.36. The van der Waals surface area contributed by atoms with Crippen LogP contribution in [0, 0.1) is 11.6 Å². The number of nitrogens with zero attached hydrogens (tertiary/aromatic N) is 1. The van der Waals surface area contributed by atoms with Gasteiger partial charge in [0.25, 0.3) is 5.91 Å². The highest BCUT2D eigenvalue weighted by atomic mass is 19.1. The molecule has 0 aliphatic rings. The third-order valence-electron chi connectivity index (χ3n) is 3.89. The number of hydrogen-bond donors (Lipinski definition) is 2. The highest BCUT2D eigenvalue weighted by Crippen LogP contribution is 2.21. The maximum Gasteiger partial charge on any atom is 0.340 e. The maximum atomic E-state index is 13.8. The molecule has 0 spiro atoms. The molecule has 0 aliphatic carbocycles. The van der Waals surface area contributed by atoms with Crippen LogP contribution in [0.5, 0.6) is 0 Å². The lowest BCUT2D eigenvalue weighted by molar-refractivity contribution is 0.0527. The van der Waals surface area contributed by atoms with Crippen LogP contribution in [0.3, 0.4) is 0 Å². The third kappa shape index (κ3) is 4.92. The van der Waals surface area contributed by atoms with Gasteiger partial charge in [-0.1, -0.05) is 12.1 Å². The van der Waals surface area contributed by atoms with Gasteiger partial charge in [0.2, 0.25) is 0 Å². The molecule has 6 nitrogen and oxygen atoms in total. The molecule has 0 bridgehead atoms. The summed E-state index contributed by atoms with van der Waals surface area (Å²) in [6.45, 7) is 1.90. The normalized spacial score (nSPS) is 10.3. The molecule has 0 fully saturated rings. The second-order valence-corrected chi connectivity index (χ2v) is 5.90. The number of pyridine rings is 1. The Hall–Kier alpha value is -3.81. The van der Waals surface area contributed by atoms with Gasteiger partial charge in [0, 0.05) is 17.8 Å². The number of esters is 1. The Bertz CT molecular complexity index is 1060. The molecule has 0 atom stereocenters. The zero-order valence-electron chi connectivity index (χ0n) is 15.4. The average molecular weight is 397 g/mol. The van der Waals surface area contributed by atoms with Gasteiger partial charge in [-0.15, -0.1) is 0 Å². The second-order valence-electron chi connectivity index (χ2n) is 5.90. The van der Waals surface area contributed by atoms with E-state index in [2.05, 4.69) is 15.6 Å². The molecule has 2 aromatic carbocycles. The van der Waals surface area contributed by atoms with E-state index in [1.165, 1.54) is 24.4 Å². The highest BCUT2D eigenvalue weighted by molar-refractivity contribution is 6.08. The van der Waals surface area contributed by atoms with Crippen molar-refractivity contribution in [3.05, 3.63) is 83.6 Å². The number of rotatable bonds is 6. The summed E-state index contributed by atoms with van der Waals surface area (Å²) in [4.78, 5) is 28.7. The van der Waals surface area contributed by atoms with Crippen LogP contribution in [0.2, 0.25) is 0 Å². The largest absolute Gasteiger partial charge is 0.462 e. The van der Waals surface area contributed by atoms with Crippen LogP contribution in [0.15, 0.2) is 60.8 Å². The Morgan fingerprint density at radius 2 is 1.83 bits per heavy atom. The second kappa shape index (κ2) is 8.92. The van der Waals surface area contributed by atoms with Gasteiger partial charge in [0.15, 0.2) is 0 Å². The monoisotopic (exact) mass is 397 g/mol. The van der Waals surface area contributed by atoms with Crippen LogP contribution < -0.4 is 10.6 Å². The number of ether oxygens (including phenoxy) is 1. The molecule has 1 aromatic heterocycles. The van der Waals surface area contributed by atoms with E-state index in [9.17, 15) is 18.4 Å². The van der Waals surface area contributed by atoms with Crippen molar-refractivity contribution in [3.63, 3.8) is 0 Å². The van der Waals surface area contributed by atoms with Crippen LogP contribution >= 0.6 is 0 Å². The van der Waals surface area contributed by atoms with Crippen molar-refractivity contribution in [1.29, 1.82) is 0 Å². The Morgan fingerprint density at radius 3 is 2.59 bits per heavy atom. The molecular formula is C21H17F2N3O3. The molecule has 3 rings (SSSR count). The van der Waals surface area contributed by atoms with Gasteiger partial charge in [-0.05, 0) is 43.3 Å². The van der Waals surface area contributed by atoms with Crippen molar-refractivity contribution in [2.24, 2.45) is 0 Å². The van der Waals surface area contributed by atoms with Crippen molar-refractivity contribution in [3.8, 4) is 0 Å². The fraction of sp³-hybridized carbons (Fsp3) is 0.0952. The van der Waals surface area contributed by atoms with E-state index < -0.39 is 23.5 Å². The molecule has 3 aromatic rings. The van der Waals surface area contributed by atoms with Gasteiger partial charge in [-0.2, -0.15) is 0 Å². The first kappa shape index (κ1) is 19.9.